The molecule has 6 aliphatic rings. The Balaban J connectivity index is 0.00000114. The molecule has 6 aliphatic carbocycles. The molecule has 2 atom stereocenters. The number of rotatable bonds is 2. The number of fused-ring (bicyclic) bond motifs is 3. The molecule has 0 heterocycles. The zero-order valence-corrected chi connectivity index (χ0v) is 23.5. The van der Waals surface area contributed by atoms with Gasteiger partial charge in [0.2, 0.25) is 0 Å². The van der Waals surface area contributed by atoms with Crippen molar-refractivity contribution < 1.29 is 49.5 Å². The fraction of sp³-hybridized carbons (Fsp3) is 0.467. The second-order valence-corrected chi connectivity index (χ2v) is 12.8. The first kappa shape index (κ1) is 24.1. The summed E-state index contributed by atoms with van der Waals surface area (Å²) in [7, 11) is 0. The molecule has 3 heteroatoms. The van der Waals surface area contributed by atoms with Crippen LogP contribution in [0.5, 0.6) is 0 Å². The summed E-state index contributed by atoms with van der Waals surface area (Å²) in [5, 5.41) is 0. The van der Waals surface area contributed by atoms with Crippen molar-refractivity contribution in [3.05, 3.63) is 76.4 Å². The van der Waals surface area contributed by atoms with Crippen LogP contribution >= 0.6 is 0 Å². The number of hydrogen-bond donors (Lipinski definition) is 0. The van der Waals surface area contributed by atoms with Crippen molar-refractivity contribution in [2.45, 2.75) is 56.0 Å². The molecule has 0 radical (unpaired) electrons. The van der Waals surface area contributed by atoms with Crippen LogP contribution in [0.2, 0.25) is 0 Å². The SMILES string of the molecule is CC1=C(c2ccc3c(c2)-c2ccccc2[CH]3[Zr+2])C(C)C=C1C12CC3CC(CC(C3)C1)C2.[Cl-].[Cl-]. The molecule has 2 unspecified atom stereocenters. The molecule has 0 N–H and O–H groups in total. The van der Waals surface area contributed by atoms with E-state index in [1.165, 1.54) is 60.8 Å². The van der Waals surface area contributed by atoms with Crippen LogP contribution in [0.3, 0.4) is 0 Å². The summed E-state index contributed by atoms with van der Waals surface area (Å²) in [5.41, 5.74) is 13.0. The Hall–Kier alpha value is -0.617. The summed E-state index contributed by atoms with van der Waals surface area (Å²) < 4.78 is 0.601. The van der Waals surface area contributed by atoms with Crippen molar-refractivity contribution in [1.29, 1.82) is 0 Å². The molecule has 8 rings (SSSR count). The van der Waals surface area contributed by atoms with E-state index in [2.05, 4.69) is 62.4 Å². The van der Waals surface area contributed by atoms with Crippen molar-refractivity contribution in [1.82, 2.24) is 0 Å². The maximum atomic E-state index is 2.69. The summed E-state index contributed by atoms with van der Waals surface area (Å²) in [6, 6.07) is 16.5. The standard InChI is InChI=1S/C30H31.2ClH.Zr/c1-18-9-28(30-15-20-10-21(16-30)12-22(11-20)17-30)19(2)29(18)25-8-7-24-13-23-5-3-4-6-26(23)27(24)14-25;;;/h3-9,13-14,18,20-22H,10-12,15-17H2,1-2H3;2*1H;/q;;;+2/p-2. The summed E-state index contributed by atoms with van der Waals surface area (Å²) in [5.74, 6) is 3.58. The first-order chi connectivity index (χ1) is 15.0. The molecule has 4 bridgehead atoms. The van der Waals surface area contributed by atoms with Gasteiger partial charge in [0.15, 0.2) is 0 Å². The van der Waals surface area contributed by atoms with Crippen molar-refractivity contribution in [2.75, 3.05) is 0 Å². The minimum Gasteiger partial charge on any atom is -1.00 e. The molecule has 2 aromatic rings. The molecule has 169 valence electrons. The van der Waals surface area contributed by atoms with E-state index in [0.717, 1.165) is 17.8 Å². The van der Waals surface area contributed by atoms with Gasteiger partial charge in [0.05, 0.1) is 0 Å². The van der Waals surface area contributed by atoms with Crippen LogP contribution in [-0.2, 0) is 24.7 Å². The average molecular weight is 554 g/mol. The second kappa shape index (κ2) is 8.50. The van der Waals surface area contributed by atoms with Gasteiger partial charge in [-0.3, -0.25) is 0 Å². The summed E-state index contributed by atoms with van der Waals surface area (Å²) in [6.07, 6.45) is 11.7. The van der Waals surface area contributed by atoms with Gasteiger partial charge < -0.3 is 24.8 Å². The maximum Gasteiger partial charge on any atom is -1.00 e. The van der Waals surface area contributed by atoms with Crippen molar-refractivity contribution in [3.63, 3.8) is 0 Å². The van der Waals surface area contributed by atoms with Crippen LogP contribution in [0, 0.1) is 29.1 Å². The molecule has 33 heavy (non-hydrogen) atoms. The first-order valence-electron chi connectivity index (χ1n) is 12.4. The predicted octanol–water partition coefficient (Wildman–Crippen LogP) is 1.88. The van der Waals surface area contributed by atoms with E-state index in [1.807, 2.05) is 0 Å². The predicted molar refractivity (Wildman–Crippen MR) is 124 cm³/mol. The third kappa shape index (κ3) is 3.47. The van der Waals surface area contributed by atoms with Gasteiger partial charge in [-0.15, -0.1) is 0 Å². The fourth-order valence-corrected chi connectivity index (χ4v) is 10.0. The third-order valence-electron chi connectivity index (χ3n) is 9.53. The number of hydrogen-bond acceptors (Lipinski definition) is 0. The van der Waals surface area contributed by atoms with Crippen LogP contribution in [0.15, 0.2) is 59.7 Å². The van der Waals surface area contributed by atoms with Gasteiger partial charge in [0.1, 0.15) is 0 Å². The molecule has 4 saturated carbocycles. The Morgan fingerprint density at radius 1 is 0.818 bits per heavy atom. The molecule has 0 saturated heterocycles. The molecule has 0 spiro atoms. The molecule has 0 nitrogen and oxygen atoms in total. The quantitative estimate of drug-likeness (QED) is 0.533. The average Bonchev–Trinajstić information content (AvgIpc) is 3.21. The topological polar surface area (TPSA) is 0 Å². The number of halogens is 2. The van der Waals surface area contributed by atoms with E-state index in [-0.39, 0.29) is 24.8 Å². The molecule has 2 aromatic carbocycles. The van der Waals surface area contributed by atoms with Gasteiger partial charge in [-0.05, 0) is 0 Å². The van der Waals surface area contributed by atoms with Crippen molar-refractivity contribution >= 4 is 5.57 Å². The zero-order valence-electron chi connectivity index (χ0n) is 19.5. The van der Waals surface area contributed by atoms with E-state index >= 15 is 0 Å². The molecule has 4 fully saturated rings. The third-order valence-corrected chi connectivity index (χ3v) is 11.1. The first-order valence-corrected chi connectivity index (χ1v) is 13.8. The Bertz CT molecular complexity index is 1140. The molecule has 0 aliphatic heterocycles. The molecule has 0 amide bonds. The van der Waals surface area contributed by atoms with Gasteiger partial charge in [0.25, 0.3) is 0 Å². The van der Waals surface area contributed by atoms with Crippen LogP contribution < -0.4 is 24.8 Å². The smallest absolute Gasteiger partial charge is 1.00 e. The van der Waals surface area contributed by atoms with Gasteiger partial charge in [-0.1, -0.05) is 0 Å². The van der Waals surface area contributed by atoms with Crippen LogP contribution in [0.4, 0.5) is 0 Å². The number of benzene rings is 2. The molecular formula is C30H31Cl2Zr. The minimum atomic E-state index is 0. The Morgan fingerprint density at radius 3 is 2.09 bits per heavy atom. The van der Waals surface area contributed by atoms with Crippen LogP contribution in [0.1, 0.15) is 72.7 Å². The van der Waals surface area contributed by atoms with Crippen LogP contribution in [-0.4, -0.2) is 0 Å². The largest absolute Gasteiger partial charge is 1.00 e. The Labute approximate surface area is 226 Å². The van der Waals surface area contributed by atoms with E-state index < -0.39 is 0 Å². The van der Waals surface area contributed by atoms with Crippen molar-refractivity contribution in [2.24, 2.45) is 29.1 Å². The zero-order chi connectivity index (χ0) is 20.9. The van der Waals surface area contributed by atoms with Crippen LogP contribution in [0.25, 0.3) is 16.7 Å². The maximum absolute atomic E-state index is 2.69. The van der Waals surface area contributed by atoms with E-state index in [0.29, 0.717) is 15.0 Å². The number of allylic oxidation sites excluding steroid dienone is 4. The minimum absolute atomic E-state index is 0. The van der Waals surface area contributed by atoms with E-state index in [1.54, 1.807) is 47.0 Å². The molecular weight excluding hydrogens is 522 g/mol. The van der Waals surface area contributed by atoms with E-state index in [9.17, 15) is 0 Å². The van der Waals surface area contributed by atoms with Gasteiger partial charge >= 0.3 is 203 Å². The normalized spacial score (nSPS) is 35.0. The van der Waals surface area contributed by atoms with Gasteiger partial charge in [-0.2, -0.15) is 0 Å². The fourth-order valence-electron chi connectivity index (χ4n) is 8.81. The Morgan fingerprint density at radius 2 is 1.42 bits per heavy atom. The Kier molecular flexibility index (Phi) is 6.21. The van der Waals surface area contributed by atoms with E-state index in [4.69, 9.17) is 0 Å². The summed E-state index contributed by atoms with van der Waals surface area (Å²) in [4.78, 5) is 0. The molecule has 0 aromatic heterocycles. The van der Waals surface area contributed by atoms with Gasteiger partial charge in [0, 0.05) is 0 Å². The second-order valence-electron chi connectivity index (χ2n) is 11.4. The summed E-state index contributed by atoms with van der Waals surface area (Å²) in [6.45, 7) is 4.90. The summed E-state index contributed by atoms with van der Waals surface area (Å²) >= 11 is 1.60. The van der Waals surface area contributed by atoms with Gasteiger partial charge in [-0.25, -0.2) is 0 Å². The monoisotopic (exact) mass is 551 g/mol. The van der Waals surface area contributed by atoms with Crippen molar-refractivity contribution in [3.8, 4) is 11.1 Å².